The van der Waals surface area contributed by atoms with Gasteiger partial charge in [0.25, 0.3) is 0 Å². The van der Waals surface area contributed by atoms with Gasteiger partial charge in [0.2, 0.25) is 0 Å². The fourth-order valence-corrected chi connectivity index (χ4v) is 1.79. The third kappa shape index (κ3) is 4.10. The van der Waals surface area contributed by atoms with Crippen molar-refractivity contribution in [2.75, 3.05) is 13.1 Å². The monoisotopic (exact) mass is 185 g/mol. The summed E-state index contributed by atoms with van der Waals surface area (Å²) in [6, 6.07) is 0. The largest absolute Gasteiger partial charge is 0.371 e. The summed E-state index contributed by atoms with van der Waals surface area (Å²) in [5.74, 6) is 0. The molecule has 1 rings (SSSR count). The smallest absolute Gasteiger partial charge is 0.0707 e. The number of nitrogens with one attached hydrogen (secondary N) is 1. The van der Waals surface area contributed by atoms with E-state index in [1.807, 2.05) is 0 Å². The SMILES string of the molecule is CCCCNCC1CCC(C)(C)O1. The molecule has 2 nitrogen and oxygen atoms in total. The van der Waals surface area contributed by atoms with Gasteiger partial charge in [-0.15, -0.1) is 0 Å². The summed E-state index contributed by atoms with van der Waals surface area (Å²) < 4.78 is 5.87. The van der Waals surface area contributed by atoms with Crippen LogP contribution in [0.15, 0.2) is 0 Å². The van der Waals surface area contributed by atoms with E-state index < -0.39 is 0 Å². The lowest BCUT2D eigenvalue weighted by molar-refractivity contribution is -0.0141. The minimum atomic E-state index is 0.122. The first-order chi connectivity index (χ1) is 6.14. The first-order valence-electron chi connectivity index (χ1n) is 5.52. The molecule has 13 heavy (non-hydrogen) atoms. The minimum Gasteiger partial charge on any atom is -0.371 e. The summed E-state index contributed by atoms with van der Waals surface area (Å²) in [5, 5.41) is 3.44. The Hall–Kier alpha value is -0.0800. The molecule has 0 radical (unpaired) electrons. The molecular formula is C11H23NO. The van der Waals surface area contributed by atoms with Crippen molar-refractivity contribution in [3.05, 3.63) is 0 Å². The van der Waals surface area contributed by atoms with Gasteiger partial charge in [0.15, 0.2) is 0 Å². The Kier molecular flexibility index (Phi) is 4.20. The zero-order chi connectivity index (χ0) is 9.73. The molecule has 0 aromatic heterocycles. The Morgan fingerprint density at radius 2 is 2.23 bits per heavy atom. The first kappa shape index (κ1) is 11.0. The maximum atomic E-state index is 5.87. The Bertz CT molecular complexity index is 145. The van der Waals surface area contributed by atoms with Crippen LogP contribution in [0.25, 0.3) is 0 Å². The summed E-state index contributed by atoms with van der Waals surface area (Å²) >= 11 is 0. The van der Waals surface area contributed by atoms with Gasteiger partial charge in [0.1, 0.15) is 0 Å². The molecule has 78 valence electrons. The van der Waals surface area contributed by atoms with Crippen LogP contribution in [0.2, 0.25) is 0 Å². The lowest BCUT2D eigenvalue weighted by atomic mass is 10.1. The van der Waals surface area contributed by atoms with Crippen LogP contribution in [0.4, 0.5) is 0 Å². The zero-order valence-corrected chi connectivity index (χ0v) is 9.23. The molecule has 1 atom stereocenters. The fourth-order valence-electron chi connectivity index (χ4n) is 1.79. The van der Waals surface area contributed by atoms with E-state index in [9.17, 15) is 0 Å². The molecule has 0 spiro atoms. The van der Waals surface area contributed by atoms with Gasteiger partial charge in [-0.05, 0) is 39.7 Å². The maximum Gasteiger partial charge on any atom is 0.0707 e. The fraction of sp³-hybridized carbons (Fsp3) is 1.00. The van der Waals surface area contributed by atoms with Crippen LogP contribution in [0.3, 0.4) is 0 Å². The number of ether oxygens (including phenoxy) is 1. The van der Waals surface area contributed by atoms with Gasteiger partial charge in [-0.25, -0.2) is 0 Å². The second kappa shape index (κ2) is 4.97. The third-order valence-corrected chi connectivity index (χ3v) is 2.63. The maximum absolute atomic E-state index is 5.87. The van der Waals surface area contributed by atoms with E-state index in [0.29, 0.717) is 6.10 Å². The molecule has 1 N–H and O–H groups in total. The van der Waals surface area contributed by atoms with Gasteiger partial charge in [-0.1, -0.05) is 13.3 Å². The van der Waals surface area contributed by atoms with Gasteiger partial charge in [0.05, 0.1) is 11.7 Å². The van der Waals surface area contributed by atoms with Crippen molar-refractivity contribution < 1.29 is 4.74 Å². The first-order valence-corrected chi connectivity index (χ1v) is 5.52. The van der Waals surface area contributed by atoms with Crippen LogP contribution in [0, 0.1) is 0 Å². The van der Waals surface area contributed by atoms with Crippen LogP contribution in [0.5, 0.6) is 0 Å². The minimum absolute atomic E-state index is 0.122. The van der Waals surface area contributed by atoms with Crippen molar-refractivity contribution in [2.45, 2.75) is 58.2 Å². The van der Waals surface area contributed by atoms with Crippen molar-refractivity contribution in [1.29, 1.82) is 0 Å². The number of hydrogen-bond donors (Lipinski definition) is 1. The summed E-state index contributed by atoms with van der Waals surface area (Å²) in [6.45, 7) is 8.75. The van der Waals surface area contributed by atoms with Crippen molar-refractivity contribution in [2.24, 2.45) is 0 Å². The Balaban J connectivity index is 2.04. The summed E-state index contributed by atoms with van der Waals surface area (Å²) in [7, 11) is 0. The molecule has 0 aromatic rings. The van der Waals surface area contributed by atoms with Crippen molar-refractivity contribution >= 4 is 0 Å². The summed E-state index contributed by atoms with van der Waals surface area (Å²) in [6.07, 6.45) is 5.41. The van der Waals surface area contributed by atoms with Crippen LogP contribution in [-0.2, 0) is 4.74 Å². The molecule has 0 amide bonds. The lowest BCUT2D eigenvalue weighted by Gasteiger charge is -2.19. The Labute approximate surface area is 82.0 Å². The molecule has 2 heteroatoms. The molecule has 0 bridgehead atoms. The molecule has 1 aliphatic rings. The van der Waals surface area contributed by atoms with Gasteiger partial charge in [0, 0.05) is 6.54 Å². The van der Waals surface area contributed by atoms with Crippen molar-refractivity contribution in [1.82, 2.24) is 5.32 Å². The van der Waals surface area contributed by atoms with E-state index in [1.165, 1.54) is 25.7 Å². The Morgan fingerprint density at radius 1 is 1.46 bits per heavy atom. The molecule has 1 heterocycles. The van der Waals surface area contributed by atoms with Crippen LogP contribution in [-0.4, -0.2) is 24.8 Å². The predicted octanol–water partition coefficient (Wildman–Crippen LogP) is 2.33. The van der Waals surface area contributed by atoms with Gasteiger partial charge >= 0.3 is 0 Å². The lowest BCUT2D eigenvalue weighted by Crippen LogP contribution is -2.29. The van der Waals surface area contributed by atoms with Crippen LogP contribution < -0.4 is 5.32 Å². The predicted molar refractivity (Wildman–Crippen MR) is 56.0 cm³/mol. The topological polar surface area (TPSA) is 21.3 Å². The molecular weight excluding hydrogens is 162 g/mol. The molecule has 0 aromatic carbocycles. The van der Waals surface area contributed by atoms with Gasteiger partial charge in [-0.3, -0.25) is 0 Å². The van der Waals surface area contributed by atoms with Crippen molar-refractivity contribution in [3.63, 3.8) is 0 Å². The van der Waals surface area contributed by atoms with E-state index >= 15 is 0 Å². The van der Waals surface area contributed by atoms with E-state index in [-0.39, 0.29) is 5.60 Å². The molecule has 1 aliphatic heterocycles. The average Bonchev–Trinajstić information content (AvgIpc) is 2.40. The van der Waals surface area contributed by atoms with E-state index in [4.69, 9.17) is 4.74 Å². The number of rotatable bonds is 5. The molecule has 0 aliphatic carbocycles. The quantitative estimate of drug-likeness (QED) is 0.664. The molecule has 0 saturated carbocycles. The Morgan fingerprint density at radius 3 is 2.77 bits per heavy atom. The second-order valence-electron chi connectivity index (χ2n) is 4.60. The normalized spacial score (nSPS) is 26.5. The second-order valence-corrected chi connectivity index (χ2v) is 4.60. The van der Waals surface area contributed by atoms with Gasteiger partial charge < -0.3 is 10.1 Å². The summed E-state index contributed by atoms with van der Waals surface area (Å²) in [5.41, 5.74) is 0.122. The molecule has 1 saturated heterocycles. The zero-order valence-electron chi connectivity index (χ0n) is 9.23. The van der Waals surface area contributed by atoms with Gasteiger partial charge in [-0.2, -0.15) is 0 Å². The number of hydrogen-bond acceptors (Lipinski definition) is 2. The van der Waals surface area contributed by atoms with E-state index in [2.05, 4.69) is 26.1 Å². The third-order valence-electron chi connectivity index (χ3n) is 2.63. The highest BCUT2D eigenvalue weighted by molar-refractivity contribution is 4.81. The average molecular weight is 185 g/mol. The van der Waals surface area contributed by atoms with Crippen LogP contribution >= 0.6 is 0 Å². The summed E-state index contributed by atoms with van der Waals surface area (Å²) in [4.78, 5) is 0. The van der Waals surface area contributed by atoms with Crippen LogP contribution in [0.1, 0.15) is 46.5 Å². The molecule has 1 unspecified atom stereocenters. The van der Waals surface area contributed by atoms with E-state index in [1.54, 1.807) is 0 Å². The van der Waals surface area contributed by atoms with Crippen molar-refractivity contribution in [3.8, 4) is 0 Å². The van der Waals surface area contributed by atoms with E-state index in [0.717, 1.165) is 13.1 Å². The number of unbranched alkanes of at least 4 members (excludes halogenated alkanes) is 1. The highest BCUT2D eigenvalue weighted by Gasteiger charge is 2.30. The highest BCUT2D eigenvalue weighted by atomic mass is 16.5. The highest BCUT2D eigenvalue weighted by Crippen LogP contribution is 2.28. The standard InChI is InChI=1S/C11H23NO/c1-4-5-8-12-9-10-6-7-11(2,3)13-10/h10,12H,4-9H2,1-3H3. The molecule has 1 fully saturated rings.